The third-order valence-corrected chi connectivity index (χ3v) is 2.57. The molecule has 16 heavy (non-hydrogen) atoms. The van der Waals surface area contributed by atoms with Gasteiger partial charge in [-0.2, -0.15) is 16.8 Å². The molecule has 0 saturated carbocycles. The molecule has 0 unspecified atom stereocenters. The molecule has 0 heterocycles. The Morgan fingerprint density at radius 2 is 1.50 bits per heavy atom. The van der Waals surface area contributed by atoms with Crippen LogP contribution in [0.3, 0.4) is 0 Å². The summed E-state index contributed by atoms with van der Waals surface area (Å²) in [6, 6.07) is 6.77. The fourth-order valence-corrected chi connectivity index (χ4v) is 1.51. The van der Waals surface area contributed by atoms with Crippen molar-refractivity contribution in [1.82, 2.24) is 0 Å². The van der Waals surface area contributed by atoms with E-state index >= 15 is 0 Å². The number of benzene rings is 1. The minimum Gasteiger partial charge on any atom is -0.262 e. The fourth-order valence-electron chi connectivity index (χ4n) is 0.709. The summed E-state index contributed by atoms with van der Waals surface area (Å²) in [7, 11) is -9.25. The fraction of sp³-hybridized carbons (Fsp3) is 0. The Labute approximate surface area is 91.3 Å². The average molecular weight is 270 g/mol. The largest absolute Gasteiger partial charge is 0.426 e. The molecule has 1 rings (SSSR count). The summed E-state index contributed by atoms with van der Waals surface area (Å²) in [4.78, 5) is -0.270. The van der Waals surface area contributed by atoms with Crippen molar-refractivity contribution in [2.24, 2.45) is 0 Å². The monoisotopic (exact) mass is 270 g/mol. The van der Waals surface area contributed by atoms with E-state index in [4.69, 9.17) is 4.55 Å². The topological polar surface area (TPSA) is 116 Å². The van der Waals surface area contributed by atoms with Gasteiger partial charge in [0, 0.05) is 0 Å². The van der Waals surface area contributed by atoms with Crippen molar-refractivity contribution >= 4 is 20.5 Å². The summed E-state index contributed by atoms with van der Waals surface area (Å²) in [5, 5.41) is 3.39. The molecule has 0 fully saturated rings. The van der Waals surface area contributed by atoms with Crippen LogP contribution in [0.25, 0.3) is 0 Å². The maximum Gasteiger partial charge on any atom is 0.426 e. The van der Waals surface area contributed by atoms with Gasteiger partial charge in [0.1, 0.15) is 0 Å². The molecule has 0 bridgehead atoms. The van der Waals surface area contributed by atoms with Crippen LogP contribution in [0.1, 0.15) is 0 Å². The van der Waals surface area contributed by atoms with Crippen molar-refractivity contribution in [3.63, 3.8) is 0 Å². The van der Waals surface area contributed by atoms with E-state index in [-0.39, 0.29) is 4.90 Å². The third-order valence-electron chi connectivity index (χ3n) is 1.26. The molecule has 0 amide bonds. The van der Waals surface area contributed by atoms with E-state index in [0.29, 0.717) is 0 Å². The molecule has 0 spiro atoms. The molecule has 0 aliphatic carbocycles. The zero-order chi connectivity index (χ0) is 12.2. The first-order chi connectivity index (χ1) is 7.31. The first kappa shape index (κ1) is 13.0. The van der Waals surface area contributed by atoms with Crippen LogP contribution in [0.5, 0.6) is 0 Å². The Hall–Kier alpha value is -1.04. The molecule has 1 aromatic rings. The summed E-state index contributed by atoms with van der Waals surface area (Å²) < 4.78 is 57.4. The summed E-state index contributed by atoms with van der Waals surface area (Å²) in [6.45, 7) is 0. The van der Waals surface area contributed by atoms with E-state index in [0.717, 1.165) is 0 Å². The normalized spacial score (nSPS) is 12.6. The Morgan fingerprint density at radius 1 is 0.938 bits per heavy atom. The van der Waals surface area contributed by atoms with E-state index in [2.05, 4.69) is 13.7 Å². The predicted molar refractivity (Wildman–Crippen MR) is 48.4 cm³/mol. The third kappa shape index (κ3) is 4.22. The lowest BCUT2D eigenvalue weighted by Gasteiger charge is -2.01. The highest BCUT2D eigenvalue weighted by Crippen LogP contribution is 2.11. The summed E-state index contributed by atoms with van der Waals surface area (Å²) >= 11 is 0. The van der Waals surface area contributed by atoms with Crippen molar-refractivity contribution < 1.29 is 35.1 Å². The standard InChI is InChI=1S/C6H6O8S2/c7-15(8,6-4-2-1-3-5-6)13-12-14-16(9,10)11/h1-5H,(H,9,10,11). The molecule has 1 aromatic carbocycles. The molecule has 10 heteroatoms. The zero-order valence-corrected chi connectivity index (χ0v) is 9.14. The van der Waals surface area contributed by atoms with Gasteiger partial charge in [0.25, 0.3) is 0 Å². The van der Waals surface area contributed by atoms with Gasteiger partial charge in [-0.15, -0.1) is 0 Å². The van der Waals surface area contributed by atoms with Gasteiger partial charge in [-0.05, 0) is 17.2 Å². The quantitative estimate of drug-likeness (QED) is 0.453. The molecule has 8 nitrogen and oxygen atoms in total. The Bertz CT molecular complexity index is 531. The minimum absolute atomic E-state index is 0.270. The van der Waals surface area contributed by atoms with Crippen molar-refractivity contribution in [2.45, 2.75) is 4.90 Å². The van der Waals surface area contributed by atoms with Gasteiger partial charge in [-0.25, -0.2) is 0 Å². The molecular weight excluding hydrogens is 264 g/mol. The average Bonchev–Trinajstić information content (AvgIpc) is 2.17. The van der Waals surface area contributed by atoms with Crippen LogP contribution >= 0.6 is 0 Å². The molecule has 0 atom stereocenters. The first-order valence-electron chi connectivity index (χ1n) is 3.63. The van der Waals surface area contributed by atoms with E-state index < -0.39 is 20.5 Å². The second-order valence-electron chi connectivity index (χ2n) is 2.40. The van der Waals surface area contributed by atoms with Gasteiger partial charge < -0.3 is 0 Å². The lowest BCUT2D eigenvalue weighted by atomic mass is 10.4. The second-order valence-corrected chi connectivity index (χ2v) is 4.91. The van der Waals surface area contributed by atoms with Crippen molar-refractivity contribution in [3.8, 4) is 0 Å². The Morgan fingerprint density at radius 3 is 2.00 bits per heavy atom. The molecular formula is C6H6O8S2. The summed E-state index contributed by atoms with van der Waals surface area (Å²) in [5.74, 6) is 0. The van der Waals surface area contributed by atoms with Crippen LogP contribution in [0, 0.1) is 0 Å². The van der Waals surface area contributed by atoms with E-state index in [9.17, 15) is 16.8 Å². The van der Waals surface area contributed by atoms with E-state index in [1.807, 2.05) is 0 Å². The second kappa shape index (κ2) is 4.86. The molecule has 0 aromatic heterocycles. The Kier molecular flexibility index (Phi) is 3.96. The maximum atomic E-state index is 11.2. The van der Waals surface area contributed by atoms with Gasteiger partial charge in [0.15, 0.2) is 0 Å². The highest BCUT2D eigenvalue weighted by molar-refractivity contribution is 7.86. The van der Waals surface area contributed by atoms with Crippen LogP contribution < -0.4 is 0 Å². The molecule has 0 saturated heterocycles. The van der Waals surface area contributed by atoms with Gasteiger partial charge in [-0.1, -0.05) is 26.9 Å². The van der Waals surface area contributed by atoms with Crippen LogP contribution in [0.2, 0.25) is 0 Å². The predicted octanol–water partition coefficient (Wildman–Crippen LogP) is 0.0579. The Balaban J connectivity index is 2.68. The minimum atomic E-state index is -4.94. The van der Waals surface area contributed by atoms with Crippen LogP contribution in [-0.4, -0.2) is 21.4 Å². The zero-order valence-electron chi connectivity index (χ0n) is 7.51. The highest BCUT2D eigenvalue weighted by atomic mass is 32.3. The van der Waals surface area contributed by atoms with Gasteiger partial charge in [-0.3, -0.25) is 4.55 Å². The first-order valence-corrected chi connectivity index (χ1v) is 6.40. The van der Waals surface area contributed by atoms with Crippen molar-refractivity contribution in [3.05, 3.63) is 30.3 Å². The maximum absolute atomic E-state index is 11.2. The van der Waals surface area contributed by atoms with Crippen molar-refractivity contribution in [2.75, 3.05) is 0 Å². The van der Waals surface area contributed by atoms with Gasteiger partial charge >= 0.3 is 20.5 Å². The molecule has 0 radical (unpaired) electrons. The summed E-state index contributed by atoms with van der Waals surface area (Å²) in [6.07, 6.45) is 0. The highest BCUT2D eigenvalue weighted by Gasteiger charge is 2.18. The number of hydrogen-bond acceptors (Lipinski definition) is 7. The van der Waals surface area contributed by atoms with Crippen LogP contribution in [0.15, 0.2) is 35.2 Å². The lowest BCUT2D eigenvalue weighted by Crippen LogP contribution is -2.11. The summed E-state index contributed by atoms with van der Waals surface area (Å²) in [5.41, 5.74) is 0. The van der Waals surface area contributed by atoms with E-state index in [1.165, 1.54) is 24.3 Å². The van der Waals surface area contributed by atoms with Gasteiger partial charge in [0.2, 0.25) is 0 Å². The van der Waals surface area contributed by atoms with E-state index in [1.54, 1.807) is 6.07 Å². The molecule has 0 aliphatic heterocycles. The molecule has 90 valence electrons. The number of rotatable bonds is 5. The molecule has 0 aliphatic rings. The lowest BCUT2D eigenvalue weighted by molar-refractivity contribution is -0.410. The molecule has 1 N–H and O–H groups in total. The van der Waals surface area contributed by atoms with Crippen LogP contribution in [-0.2, 0) is 34.2 Å². The van der Waals surface area contributed by atoms with Gasteiger partial charge in [0.05, 0.1) is 4.90 Å². The van der Waals surface area contributed by atoms with Crippen molar-refractivity contribution in [1.29, 1.82) is 0 Å². The number of hydrogen-bond donors (Lipinski definition) is 1. The SMILES string of the molecule is O=S(=O)(O)OOOS(=O)(=O)c1ccccc1. The smallest absolute Gasteiger partial charge is 0.262 e. The van der Waals surface area contributed by atoms with Crippen LogP contribution in [0.4, 0.5) is 0 Å².